The van der Waals surface area contributed by atoms with Crippen LogP contribution in [0.3, 0.4) is 0 Å². The van der Waals surface area contributed by atoms with Crippen LogP contribution >= 0.6 is 0 Å². The molecule has 0 saturated heterocycles. The molecule has 0 spiro atoms. The summed E-state index contributed by atoms with van der Waals surface area (Å²) >= 11 is 0. The summed E-state index contributed by atoms with van der Waals surface area (Å²) in [5.74, 6) is 0.817. The molecule has 3 atom stereocenters. The molecule has 1 aliphatic rings. The van der Waals surface area contributed by atoms with Crippen molar-refractivity contribution in [1.82, 2.24) is 0 Å². The first kappa shape index (κ1) is 42.2. The van der Waals surface area contributed by atoms with E-state index in [0.717, 1.165) is 25.2 Å². The van der Waals surface area contributed by atoms with Gasteiger partial charge in [-0.25, -0.2) is 9.47 Å². The van der Waals surface area contributed by atoms with E-state index in [2.05, 4.69) is 18.9 Å². The lowest BCUT2D eigenvalue weighted by Gasteiger charge is -2.26. The van der Waals surface area contributed by atoms with E-state index >= 15 is 0 Å². The number of alkyl halides is 6. The monoisotopic (exact) mass is 676 g/mol. The zero-order chi connectivity index (χ0) is 33.6. The minimum absolute atomic E-state index is 0.0582. The second kappa shape index (κ2) is 23.5. The molecule has 0 aromatic heterocycles. The third kappa shape index (κ3) is 24.0. The van der Waals surface area contributed by atoms with Crippen LogP contribution in [-0.2, 0) is 33.2 Å². The first-order valence-electron chi connectivity index (χ1n) is 15.3. The Hall–Kier alpha value is -0.860. The summed E-state index contributed by atoms with van der Waals surface area (Å²) in [5.41, 5.74) is 0. The molecule has 1 saturated carbocycles. The highest BCUT2D eigenvalue weighted by Gasteiger charge is 2.52. The fourth-order valence-electron chi connectivity index (χ4n) is 4.46. The van der Waals surface area contributed by atoms with Gasteiger partial charge in [-0.15, -0.1) is 8.78 Å². The number of rotatable bonds is 30. The molecular weight excluding hydrogens is 626 g/mol. The van der Waals surface area contributed by atoms with Crippen molar-refractivity contribution in [2.75, 3.05) is 72.7 Å². The summed E-state index contributed by atoms with van der Waals surface area (Å²) in [4.78, 5) is 0. The van der Waals surface area contributed by atoms with Gasteiger partial charge in [-0.3, -0.25) is 0 Å². The summed E-state index contributed by atoms with van der Waals surface area (Å²) in [6.07, 6.45) is -8.01. The molecule has 0 aliphatic heterocycles. The number of halogens is 6. The van der Waals surface area contributed by atoms with E-state index in [9.17, 15) is 41.7 Å². The summed E-state index contributed by atoms with van der Waals surface area (Å²) in [6.45, 7) is -5.87. The SMILES string of the molecule is OCCCOCC(O)COCC(O)COCC(F)(F)OC(F)(F)OC(F)(F)COCCOCC(O)CCCCCC1CCCC1. The molecule has 0 aromatic rings. The van der Waals surface area contributed by atoms with Crippen LogP contribution in [-0.4, -0.2) is 130 Å². The van der Waals surface area contributed by atoms with Gasteiger partial charge in [0.2, 0.25) is 0 Å². The number of hydrogen-bond acceptors (Lipinski definition) is 11. The molecule has 270 valence electrons. The lowest BCUT2D eigenvalue weighted by molar-refractivity contribution is -0.518. The van der Waals surface area contributed by atoms with E-state index in [1.54, 1.807) is 0 Å². The maximum atomic E-state index is 13.7. The van der Waals surface area contributed by atoms with Gasteiger partial charge in [0.05, 0.1) is 52.4 Å². The number of unbranched alkanes of at least 4 members (excludes halogenated alkanes) is 2. The van der Waals surface area contributed by atoms with Gasteiger partial charge in [0.1, 0.15) is 25.4 Å². The van der Waals surface area contributed by atoms with Gasteiger partial charge in [0.15, 0.2) is 0 Å². The van der Waals surface area contributed by atoms with Crippen LogP contribution in [0.4, 0.5) is 26.3 Å². The normalized spacial score (nSPS) is 17.2. The molecule has 4 N–H and O–H groups in total. The second-order valence-corrected chi connectivity index (χ2v) is 11.0. The Balaban J connectivity index is 2.13. The highest BCUT2D eigenvalue weighted by atomic mass is 19.3. The van der Waals surface area contributed by atoms with Gasteiger partial charge in [-0.1, -0.05) is 51.4 Å². The Bertz CT molecular complexity index is 720. The van der Waals surface area contributed by atoms with Crippen LogP contribution in [0, 0.1) is 5.92 Å². The molecule has 0 aromatic carbocycles. The third-order valence-corrected chi connectivity index (χ3v) is 6.57. The van der Waals surface area contributed by atoms with E-state index in [-0.39, 0.29) is 39.6 Å². The van der Waals surface area contributed by atoms with Gasteiger partial charge in [-0.05, 0) is 18.8 Å². The second-order valence-electron chi connectivity index (χ2n) is 11.0. The molecular formula is C28H50F6O11. The van der Waals surface area contributed by atoms with E-state index in [1.165, 1.54) is 32.1 Å². The number of aliphatic hydroxyl groups is 4. The lowest BCUT2D eigenvalue weighted by Crippen LogP contribution is -2.44. The Morgan fingerprint density at radius 1 is 0.578 bits per heavy atom. The predicted molar refractivity (Wildman–Crippen MR) is 146 cm³/mol. The van der Waals surface area contributed by atoms with E-state index in [1.807, 2.05) is 0 Å². The Morgan fingerprint density at radius 2 is 1.09 bits per heavy atom. The average Bonchev–Trinajstić information content (AvgIpc) is 3.45. The smallest absolute Gasteiger partial charge is 0.396 e. The maximum absolute atomic E-state index is 13.7. The average molecular weight is 677 g/mol. The van der Waals surface area contributed by atoms with Gasteiger partial charge in [-0.2, -0.15) is 17.6 Å². The molecule has 0 bridgehead atoms. The molecule has 1 rings (SSSR count). The molecule has 45 heavy (non-hydrogen) atoms. The fourth-order valence-corrected chi connectivity index (χ4v) is 4.46. The van der Waals surface area contributed by atoms with Crippen molar-refractivity contribution in [2.24, 2.45) is 5.92 Å². The number of ether oxygens (including phenoxy) is 7. The third-order valence-electron chi connectivity index (χ3n) is 6.57. The van der Waals surface area contributed by atoms with Gasteiger partial charge in [0, 0.05) is 13.2 Å². The maximum Gasteiger partial charge on any atom is 0.495 e. The van der Waals surface area contributed by atoms with E-state index < -0.39 is 69.9 Å². The van der Waals surface area contributed by atoms with Gasteiger partial charge < -0.3 is 44.1 Å². The van der Waals surface area contributed by atoms with Crippen molar-refractivity contribution in [3.63, 3.8) is 0 Å². The highest BCUT2D eigenvalue weighted by molar-refractivity contribution is 4.67. The summed E-state index contributed by atoms with van der Waals surface area (Å²) in [7, 11) is 0. The van der Waals surface area contributed by atoms with Crippen LogP contribution < -0.4 is 0 Å². The molecule has 1 fully saturated rings. The Labute approximate surface area is 260 Å². The summed E-state index contributed by atoms with van der Waals surface area (Å²) < 4.78 is 112. The van der Waals surface area contributed by atoms with Crippen molar-refractivity contribution in [3.05, 3.63) is 0 Å². The lowest BCUT2D eigenvalue weighted by atomic mass is 9.99. The molecule has 0 amide bonds. The molecule has 3 unspecified atom stereocenters. The predicted octanol–water partition coefficient (Wildman–Crippen LogP) is 3.44. The zero-order valence-corrected chi connectivity index (χ0v) is 25.6. The van der Waals surface area contributed by atoms with Crippen molar-refractivity contribution < 1.29 is 79.9 Å². The summed E-state index contributed by atoms with van der Waals surface area (Å²) in [5, 5.41) is 37.8. The minimum Gasteiger partial charge on any atom is -0.396 e. The zero-order valence-electron chi connectivity index (χ0n) is 25.6. The molecule has 1 aliphatic carbocycles. The summed E-state index contributed by atoms with van der Waals surface area (Å²) in [6, 6.07) is 0. The van der Waals surface area contributed by atoms with E-state index in [4.69, 9.17) is 19.3 Å². The van der Waals surface area contributed by atoms with Crippen molar-refractivity contribution in [2.45, 2.75) is 101 Å². The first-order chi connectivity index (χ1) is 21.2. The van der Waals surface area contributed by atoms with Gasteiger partial charge >= 0.3 is 18.5 Å². The van der Waals surface area contributed by atoms with Crippen molar-refractivity contribution >= 4 is 0 Å². The largest absolute Gasteiger partial charge is 0.495 e. The molecule has 0 heterocycles. The van der Waals surface area contributed by atoms with Crippen LogP contribution in [0.1, 0.15) is 64.2 Å². The van der Waals surface area contributed by atoms with Crippen LogP contribution in [0.25, 0.3) is 0 Å². The standard InChI is InChI=1S/C28H50F6O11/c29-26(30,20-41-14-13-40-15-23(36)10-3-1-2-7-22-8-4-5-9-22)44-28(33,34)45-27(31,32)21-43-19-25(38)18-42-17-24(37)16-39-12-6-11-35/h22-25,35-38H,1-21H2. The van der Waals surface area contributed by atoms with Crippen molar-refractivity contribution in [1.29, 1.82) is 0 Å². The topological polar surface area (TPSA) is 146 Å². The van der Waals surface area contributed by atoms with Crippen molar-refractivity contribution in [3.8, 4) is 0 Å². The molecule has 17 heteroatoms. The minimum atomic E-state index is -5.44. The Kier molecular flexibility index (Phi) is 22.0. The molecule has 11 nitrogen and oxygen atoms in total. The fraction of sp³-hybridized carbons (Fsp3) is 1.00. The first-order valence-corrected chi connectivity index (χ1v) is 15.3. The highest BCUT2D eigenvalue weighted by Crippen LogP contribution is 2.33. The number of hydrogen-bond donors (Lipinski definition) is 4. The van der Waals surface area contributed by atoms with E-state index in [0.29, 0.717) is 12.8 Å². The van der Waals surface area contributed by atoms with Crippen LogP contribution in [0.5, 0.6) is 0 Å². The molecule has 0 radical (unpaired) electrons. The van der Waals surface area contributed by atoms with Crippen LogP contribution in [0.2, 0.25) is 0 Å². The van der Waals surface area contributed by atoms with Gasteiger partial charge in [0.25, 0.3) is 0 Å². The Morgan fingerprint density at radius 3 is 1.71 bits per heavy atom. The van der Waals surface area contributed by atoms with Crippen LogP contribution in [0.15, 0.2) is 0 Å². The number of aliphatic hydroxyl groups excluding tert-OH is 4. The quantitative estimate of drug-likeness (QED) is 0.0505.